The molecular weight excluding hydrogens is 172 g/mol. The lowest BCUT2D eigenvalue weighted by atomic mass is 10.7. The van der Waals surface area contributed by atoms with E-state index in [2.05, 4.69) is 5.43 Å². The summed E-state index contributed by atoms with van der Waals surface area (Å²) in [5.41, 5.74) is 2.38. The zero-order valence-electron chi connectivity index (χ0n) is 8.42. The van der Waals surface area contributed by atoms with Crippen LogP contribution < -0.4 is 11.3 Å². The van der Waals surface area contributed by atoms with Crippen molar-refractivity contribution in [1.29, 1.82) is 0 Å². The molecule has 0 bridgehead atoms. The molecule has 0 aliphatic heterocycles. The van der Waals surface area contributed by atoms with Gasteiger partial charge in [0, 0.05) is 0 Å². The molecule has 5 nitrogen and oxygen atoms in total. The molecule has 0 aromatic rings. The Morgan fingerprint density at radius 1 is 1.00 bits per heavy atom. The summed E-state index contributed by atoms with van der Waals surface area (Å²) in [7, 11) is 0. The summed E-state index contributed by atoms with van der Waals surface area (Å²) in [5, 5.41) is 0. The van der Waals surface area contributed by atoms with E-state index in [0.717, 1.165) is 0 Å². The minimum atomic E-state index is 0.300. The fourth-order valence-electron chi connectivity index (χ4n) is 0.739. The fraction of sp³-hybridized carbons (Fsp3) is 0.750. The second kappa shape index (κ2) is 7.54. The van der Waals surface area contributed by atoms with Crippen LogP contribution in [-0.2, 0) is 14.2 Å². The second-order valence-corrected chi connectivity index (χ2v) is 2.06. The summed E-state index contributed by atoms with van der Waals surface area (Å²) in [4.78, 5) is 0. The summed E-state index contributed by atoms with van der Waals surface area (Å²) >= 11 is 0. The van der Waals surface area contributed by atoms with Gasteiger partial charge in [-0.3, -0.25) is 5.43 Å². The van der Waals surface area contributed by atoms with E-state index in [1.807, 2.05) is 20.8 Å². The first kappa shape index (κ1) is 11.9. The first-order chi connectivity index (χ1) is 6.29. The molecule has 0 atom stereocenters. The lowest BCUT2D eigenvalue weighted by Gasteiger charge is -2.14. The number of hydrogen-bond acceptors (Lipinski definition) is 5. The number of hydrogen-bond donors (Lipinski definition) is 2. The molecule has 0 saturated heterocycles. The van der Waals surface area contributed by atoms with Crippen molar-refractivity contribution in [2.75, 3.05) is 19.8 Å². The molecule has 78 valence electrons. The first-order valence-corrected chi connectivity index (χ1v) is 4.39. The summed E-state index contributed by atoms with van der Waals surface area (Å²) in [6.07, 6.45) is 0. The van der Waals surface area contributed by atoms with E-state index in [1.54, 1.807) is 0 Å². The van der Waals surface area contributed by atoms with E-state index in [-0.39, 0.29) is 0 Å². The number of nitrogens with one attached hydrogen (secondary N) is 1. The summed E-state index contributed by atoms with van der Waals surface area (Å²) < 4.78 is 15.5. The monoisotopic (exact) mass is 190 g/mol. The lowest BCUT2D eigenvalue weighted by molar-refractivity contribution is 0.0176. The number of ether oxygens (including phenoxy) is 3. The van der Waals surface area contributed by atoms with Crippen LogP contribution in [0, 0.1) is 0 Å². The molecule has 0 aromatic carbocycles. The predicted molar refractivity (Wildman–Crippen MR) is 49.2 cm³/mol. The molecule has 0 unspecified atom stereocenters. The van der Waals surface area contributed by atoms with E-state index in [0.29, 0.717) is 31.6 Å². The van der Waals surface area contributed by atoms with Gasteiger partial charge in [-0.15, -0.1) is 0 Å². The van der Waals surface area contributed by atoms with Gasteiger partial charge < -0.3 is 14.2 Å². The van der Waals surface area contributed by atoms with Crippen molar-refractivity contribution in [3.63, 3.8) is 0 Å². The molecule has 0 aliphatic carbocycles. The van der Waals surface area contributed by atoms with Crippen LogP contribution in [0.1, 0.15) is 20.8 Å². The third-order valence-electron chi connectivity index (χ3n) is 1.16. The third kappa shape index (κ3) is 4.47. The van der Waals surface area contributed by atoms with Crippen LogP contribution in [0.3, 0.4) is 0 Å². The molecule has 0 rings (SSSR count). The highest BCUT2D eigenvalue weighted by molar-refractivity contribution is 4.90. The van der Waals surface area contributed by atoms with Gasteiger partial charge in [-0.1, -0.05) is 0 Å². The van der Waals surface area contributed by atoms with Crippen molar-refractivity contribution in [2.45, 2.75) is 20.8 Å². The van der Waals surface area contributed by atoms with Crippen LogP contribution >= 0.6 is 0 Å². The Balaban J connectivity index is 4.35. The highest BCUT2D eigenvalue weighted by atomic mass is 16.7. The highest BCUT2D eigenvalue weighted by Crippen LogP contribution is 2.06. The van der Waals surface area contributed by atoms with Crippen LogP contribution in [-0.4, -0.2) is 19.8 Å². The molecule has 13 heavy (non-hydrogen) atoms. The minimum absolute atomic E-state index is 0.300. The van der Waals surface area contributed by atoms with Crippen molar-refractivity contribution in [2.24, 2.45) is 5.84 Å². The minimum Gasteiger partial charge on any atom is -0.474 e. The van der Waals surface area contributed by atoms with Crippen LogP contribution in [0.2, 0.25) is 0 Å². The highest BCUT2D eigenvalue weighted by Gasteiger charge is 2.08. The maximum Gasteiger partial charge on any atom is 0.343 e. The van der Waals surface area contributed by atoms with Gasteiger partial charge in [0.25, 0.3) is 5.88 Å². The van der Waals surface area contributed by atoms with Gasteiger partial charge in [-0.25, -0.2) is 5.84 Å². The topological polar surface area (TPSA) is 65.7 Å². The predicted octanol–water partition coefficient (Wildman–Crippen LogP) is 0.686. The molecule has 5 heteroatoms. The number of rotatable bonds is 7. The van der Waals surface area contributed by atoms with E-state index in [1.165, 1.54) is 0 Å². The molecule has 0 spiro atoms. The van der Waals surface area contributed by atoms with Crippen LogP contribution in [0.5, 0.6) is 0 Å². The first-order valence-electron chi connectivity index (χ1n) is 4.39. The van der Waals surface area contributed by atoms with E-state index >= 15 is 0 Å². The maximum absolute atomic E-state index is 5.23. The average Bonchev–Trinajstić information content (AvgIpc) is 2.14. The third-order valence-corrected chi connectivity index (χ3v) is 1.16. The van der Waals surface area contributed by atoms with Gasteiger partial charge in [-0.2, -0.15) is 0 Å². The van der Waals surface area contributed by atoms with E-state index < -0.39 is 0 Å². The standard InChI is InChI=1S/C8H18N2O3/c1-4-11-7(10-9)8(12-5-2)13-6-3/h10H,4-6,9H2,1-3H3. The Kier molecular flexibility index (Phi) is 6.91. The normalized spacial score (nSPS) is 8.92. The van der Waals surface area contributed by atoms with Gasteiger partial charge >= 0.3 is 5.95 Å². The van der Waals surface area contributed by atoms with E-state index in [4.69, 9.17) is 20.1 Å². The maximum atomic E-state index is 5.23. The van der Waals surface area contributed by atoms with Crippen LogP contribution in [0.4, 0.5) is 0 Å². The van der Waals surface area contributed by atoms with Crippen molar-refractivity contribution in [3.05, 3.63) is 11.8 Å². The SMILES string of the molecule is CCOC(NN)=C(OCC)OCC. The van der Waals surface area contributed by atoms with Gasteiger partial charge in [0.05, 0.1) is 19.8 Å². The fourth-order valence-corrected chi connectivity index (χ4v) is 0.739. The summed E-state index contributed by atoms with van der Waals surface area (Å²) in [6.45, 7) is 7.09. The smallest absolute Gasteiger partial charge is 0.343 e. The number of nitrogens with two attached hydrogens (primary N) is 1. The Morgan fingerprint density at radius 2 is 1.46 bits per heavy atom. The Bertz CT molecular complexity index is 151. The molecule has 0 radical (unpaired) electrons. The molecule has 0 aliphatic rings. The summed E-state index contributed by atoms with van der Waals surface area (Å²) in [6, 6.07) is 0. The van der Waals surface area contributed by atoms with Gasteiger partial charge in [-0.05, 0) is 20.8 Å². The molecule has 0 aromatic heterocycles. The molecular formula is C8H18N2O3. The molecule has 0 fully saturated rings. The zero-order chi connectivity index (χ0) is 10.1. The van der Waals surface area contributed by atoms with Gasteiger partial charge in [0.1, 0.15) is 0 Å². The lowest BCUT2D eigenvalue weighted by Crippen LogP contribution is -2.26. The number of hydrazine groups is 1. The van der Waals surface area contributed by atoms with Crippen molar-refractivity contribution in [1.82, 2.24) is 5.43 Å². The quantitative estimate of drug-likeness (QED) is 0.351. The van der Waals surface area contributed by atoms with Crippen LogP contribution in [0.25, 0.3) is 0 Å². The Hall–Kier alpha value is -1.10. The Morgan fingerprint density at radius 3 is 1.77 bits per heavy atom. The second-order valence-electron chi connectivity index (χ2n) is 2.06. The van der Waals surface area contributed by atoms with Gasteiger partial charge in [0.2, 0.25) is 0 Å². The molecule has 0 heterocycles. The molecule has 0 amide bonds. The van der Waals surface area contributed by atoms with Crippen molar-refractivity contribution < 1.29 is 14.2 Å². The van der Waals surface area contributed by atoms with Crippen LogP contribution in [0.15, 0.2) is 11.8 Å². The largest absolute Gasteiger partial charge is 0.474 e. The zero-order valence-corrected chi connectivity index (χ0v) is 8.42. The Labute approximate surface area is 78.8 Å². The average molecular weight is 190 g/mol. The molecule has 0 saturated carbocycles. The van der Waals surface area contributed by atoms with Crippen molar-refractivity contribution >= 4 is 0 Å². The van der Waals surface area contributed by atoms with E-state index in [9.17, 15) is 0 Å². The summed E-state index contributed by atoms with van der Waals surface area (Å²) in [5.74, 6) is 5.85. The van der Waals surface area contributed by atoms with Crippen molar-refractivity contribution in [3.8, 4) is 0 Å². The van der Waals surface area contributed by atoms with Gasteiger partial charge in [0.15, 0.2) is 0 Å². The molecule has 3 N–H and O–H groups in total.